The number of rotatable bonds is 3. The molecule has 2 heterocycles. The molecule has 2 fully saturated rings. The zero-order chi connectivity index (χ0) is 14.1. The number of benzene rings is 1. The van der Waals surface area contributed by atoms with Crippen molar-refractivity contribution in [3.8, 4) is 0 Å². The number of hydrogen-bond acceptors (Lipinski definition) is 3. The number of hydrogen-bond donors (Lipinski definition) is 1. The van der Waals surface area contributed by atoms with Gasteiger partial charge in [0, 0.05) is 0 Å². The van der Waals surface area contributed by atoms with Crippen molar-refractivity contribution >= 4 is 25.5 Å². The summed E-state index contributed by atoms with van der Waals surface area (Å²) >= 11 is 0.228. The summed E-state index contributed by atoms with van der Waals surface area (Å²) in [7, 11) is 0. The van der Waals surface area contributed by atoms with Crippen LogP contribution in [-0.2, 0) is 4.74 Å². The molecule has 0 radical (unpaired) electrons. The number of aliphatic hydroxyl groups excluding tert-OH is 1. The summed E-state index contributed by atoms with van der Waals surface area (Å²) in [6.07, 6.45) is 1.06. The van der Waals surface area contributed by atoms with Crippen molar-refractivity contribution in [3.05, 3.63) is 30.3 Å². The van der Waals surface area contributed by atoms with E-state index in [1.54, 1.807) is 4.90 Å². The summed E-state index contributed by atoms with van der Waals surface area (Å²) in [4.78, 5) is 13.8. The molecule has 2 aliphatic heterocycles. The van der Waals surface area contributed by atoms with E-state index in [0.717, 1.165) is 12.8 Å². The molecular weight excluding hydrogens is 321 g/mol. The second-order valence-electron chi connectivity index (χ2n) is 5.31. The van der Waals surface area contributed by atoms with Crippen molar-refractivity contribution in [2.24, 2.45) is 0 Å². The maximum atomic E-state index is 11.8. The molecule has 20 heavy (non-hydrogen) atoms. The molecule has 0 aromatic heterocycles. The fourth-order valence-corrected chi connectivity index (χ4v) is 5.79. The van der Waals surface area contributed by atoms with Gasteiger partial charge in [-0.25, -0.2) is 0 Å². The Kier molecular flexibility index (Phi) is 4.01. The van der Waals surface area contributed by atoms with E-state index in [-0.39, 0.29) is 38.0 Å². The topological polar surface area (TPSA) is 49.8 Å². The summed E-state index contributed by atoms with van der Waals surface area (Å²) in [6, 6.07) is 10.4. The molecule has 0 saturated carbocycles. The Bertz CT molecular complexity index is 481. The summed E-state index contributed by atoms with van der Waals surface area (Å²) in [6.45, 7) is 2.43. The second-order valence-corrected chi connectivity index (χ2v) is 8.06. The van der Waals surface area contributed by atoms with E-state index in [4.69, 9.17) is 4.74 Å². The first-order chi connectivity index (χ1) is 9.70. The Hall–Kier alpha value is -1.03. The van der Waals surface area contributed by atoms with Crippen LogP contribution >= 0.6 is 0 Å². The summed E-state index contributed by atoms with van der Waals surface area (Å²) in [5.41, 5.74) is 0. The van der Waals surface area contributed by atoms with Crippen LogP contribution in [0, 0.1) is 0 Å². The van der Waals surface area contributed by atoms with Gasteiger partial charge in [0.25, 0.3) is 0 Å². The molecule has 0 spiro atoms. The van der Waals surface area contributed by atoms with E-state index in [9.17, 15) is 9.90 Å². The fraction of sp³-hybridized carbons (Fsp3) is 0.533. The van der Waals surface area contributed by atoms with Gasteiger partial charge in [0.05, 0.1) is 0 Å². The Balaban J connectivity index is 1.78. The van der Waals surface area contributed by atoms with Crippen LogP contribution in [0.15, 0.2) is 30.3 Å². The minimum atomic E-state index is -0.468. The van der Waals surface area contributed by atoms with Gasteiger partial charge in [-0.3, -0.25) is 0 Å². The normalized spacial score (nSPS) is 32.9. The molecule has 1 amide bonds. The molecule has 5 heteroatoms. The van der Waals surface area contributed by atoms with E-state index < -0.39 is 6.10 Å². The van der Waals surface area contributed by atoms with Crippen LogP contribution in [0.1, 0.15) is 19.8 Å². The third-order valence-electron chi connectivity index (χ3n) is 4.12. The van der Waals surface area contributed by atoms with E-state index in [0.29, 0.717) is 6.61 Å². The predicted molar refractivity (Wildman–Crippen MR) is 77.3 cm³/mol. The Morgan fingerprint density at radius 2 is 2.15 bits per heavy atom. The van der Waals surface area contributed by atoms with Crippen molar-refractivity contribution in [1.29, 1.82) is 0 Å². The van der Waals surface area contributed by atoms with Gasteiger partial charge < -0.3 is 0 Å². The number of carbonyl (C=O) groups excluding carboxylic acids is 1. The van der Waals surface area contributed by atoms with E-state index in [1.807, 2.05) is 18.2 Å². The molecule has 1 aromatic carbocycles. The molecule has 0 bridgehead atoms. The molecule has 2 saturated heterocycles. The average Bonchev–Trinajstić information content (AvgIpc) is 2.86. The van der Waals surface area contributed by atoms with Crippen LogP contribution in [0.5, 0.6) is 0 Å². The molecular formula is C15H19NO3Se. The van der Waals surface area contributed by atoms with Crippen LogP contribution in [0.25, 0.3) is 0 Å². The molecule has 0 aliphatic carbocycles. The van der Waals surface area contributed by atoms with Crippen molar-refractivity contribution in [3.63, 3.8) is 0 Å². The first-order valence-electron chi connectivity index (χ1n) is 7.05. The van der Waals surface area contributed by atoms with Crippen LogP contribution in [-0.4, -0.2) is 55.9 Å². The van der Waals surface area contributed by atoms with Crippen molar-refractivity contribution < 1.29 is 14.6 Å². The van der Waals surface area contributed by atoms with E-state index in [2.05, 4.69) is 19.1 Å². The molecule has 4 nitrogen and oxygen atoms in total. The number of fused-ring (bicyclic) bond motifs is 1. The maximum absolute atomic E-state index is 11.8. The van der Waals surface area contributed by atoms with Crippen LogP contribution in [0.2, 0.25) is 4.82 Å². The summed E-state index contributed by atoms with van der Waals surface area (Å²) < 4.78 is 6.44. The monoisotopic (exact) mass is 341 g/mol. The SMILES string of the molecule is CC[C@@H]1C[C@H]([Se]c2ccccc2)[C@@H](O)[C@H]2COC(=O)N12. The number of piperidine rings is 1. The van der Waals surface area contributed by atoms with Gasteiger partial charge in [-0.1, -0.05) is 0 Å². The summed E-state index contributed by atoms with van der Waals surface area (Å²) in [5, 5.41) is 10.6. The molecule has 4 atom stereocenters. The van der Waals surface area contributed by atoms with Crippen molar-refractivity contribution in [2.75, 3.05) is 6.61 Å². The number of carbonyl (C=O) groups is 1. The molecule has 108 valence electrons. The summed E-state index contributed by atoms with van der Waals surface area (Å²) in [5.74, 6) is 0. The zero-order valence-corrected chi connectivity index (χ0v) is 13.1. The standard InChI is InChI=1S/C15H19NO3Se/c1-2-10-8-13(20-11-6-4-3-5-7-11)14(17)12-9-19-15(18)16(10)12/h3-7,10,12-14,17H,2,8-9H2,1H3/t10-,12-,13+,14+/m1/s1. The number of ether oxygens (including phenoxy) is 1. The van der Waals surface area contributed by atoms with E-state index >= 15 is 0 Å². The number of nitrogens with zero attached hydrogens (tertiary/aromatic N) is 1. The Morgan fingerprint density at radius 3 is 2.85 bits per heavy atom. The number of amides is 1. The average molecular weight is 340 g/mol. The molecule has 2 aliphatic rings. The number of cyclic esters (lactones) is 1. The van der Waals surface area contributed by atoms with Gasteiger partial charge in [-0.15, -0.1) is 0 Å². The van der Waals surface area contributed by atoms with Gasteiger partial charge in [0.1, 0.15) is 0 Å². The Morgan fingerprint density at radius 1 is 1.40 bits per heavy atom. The van der Waals surface area contributed by atoms with Crippen LogP contribution in [0.3, 0.4) is 0 Å². The van der Waals surface area contributed by atoms with Gasteiger partial charge in [0.15, 0.2) is 0 Å². The van der Waals surface area contributed by atoms with Gasteiger partial charge in [0.2, 0.25) is 0 Å². The first-order valence-corrected chi connectivity index (χ1v) is 8.90. The van der Waals surface area contributed by atoms with Gasteiger partial charge in [-0.2, -0.15) is 0 Å². The fourth-order valence-electron chi connectivity index (χ4n) is 3.05. The number of aliphatic hydroxyl groups is 1. The predicted octanol–water partition coefficient (Wildman–Crippen LogP) is 1.17. The van der Waals surface area contributed by atoms with Crippen LogP contribution < -0.4 is 4.46 Å². The van der Waals surface area contributed by atoms with Gasteiger partial charge >= 0.3 is 125 Å². The second kappa shape index (κ2) is 5.76. The van der Waals surface area contributed by atoms with Crippen LogP contribution in [0.4, 0.5) is 4.79 Å². The van der Waals surface area contributed by atoms with Gasteiger partial charge in [-0.05, 0) is 0 Å². The van der Waals surface area contributed by atoms with Crippen molar-refractivity contribution in [1.82, 2.24) is 4.90 Å². The molecule has 0 unspecified atom stereocenters. The molecule has 3 rings (SSSR count). The minimum absolute atomic E-state index is 0.156. The third-order valence-corrected chi connectivity index (χ3v) is 6.89. The molecule has 1 N–H and O–H groups in total. The Labute approximate surface area is 125 Å². The zero-order valence-electron chi connectivity index (χ0n) is 11.4. The third kappa shape index (κ3) is 2.46. The quantitative estimate of drug-likeness (QED) is 0.841. The van der Waals surface area contributed by atoms with E-state index in [1.165, 1.54) is 4.46 Å². The molecule has 1 aromatic rings. The van der Waals surface area contributed by atoms with Crippen molar-refractivity contribution in [2.45, 2.75) is 42.8 Å². The first kappa shape index (κ1) is 13.9.